The number of nitrogens with zero attached hydrogens (tertiary/aromatic N) is 1. The second-order valence-electron chi connectivity index (χ2n) is 7.08. The lowest BCUT2D eigenvalue weighted by Crippen LogP contribution is -2.41. The summed E-state index contributed by atoms with van der Waals surface area (Å²) in [6.45, 7) is 0. The van der Waals surface area contributed by atoms with Crippen molar-refractivity contribution in [2.75, 3.05) is 14.2 Å². The van der Waals surface area contributed by atoms with E-state index in [-0.39, 0.29) is 34.4 Å². The predicted octanol–water partition coefficient (Wildman–Crippen LogP) is 2.66. The SMILES string of the molecule is COc1ccc(C2NNC3OC(N)=C(C#N)C(c4cc(Cl)c(O)c(OC)c4)C32)cc1. The number of phenolic OH excluding ortho intramolecular Hbond substituents is 1. The third-order valence-corrected chi connectivity index (χ3v) is 5.84. The van der Waals surface area contributed by atoms with Gasteiger partial charge >= 0.3 is 0 Å². The lowest BCUT2D eigenvalue weighted by molar-refractivity contribution is 0.0340. The molecule has 0 amide bonds. The number of benzene rings is 2. The zero-order valence-corrected chi connectivity index (χ0v) is 17.1. The molecule has 2 aliphatic rings. The van der Waals surface area contributed by atoms with Crippen LogP contribution in [0.25, 0.3) is 0 Å². The van der Waals surface area contributed by atoms with Gasteiger partial charge in [0.2, 0.25) is 5.88 Å². The number of nitriles is 1. The smallest absolute Gasteiger partial charge is 0.200 e. The Labute approximate surface area is 178 Å². The molecule has 1 saturated heterocycles. The van der Waals surface area contributed by atoms with Crippen LogP contribution in [-0.2, 0) is 4.74 Å². The van der Waals surface area contributed by atoms with E-state index in [1.165, 1.54) is 7.11 Å². The van der Waals surface area contributed by atoms with Gasteiger partial charge in [-0.15, -0.1) is 0 Å². The van der Waals surface area contributed by atoms with Crippen LogP contribution < -0.4 is 26.1 Å². The van der Waals surface area contributed by atoms with Crippen LogP contribution in [0.1, 0.15) is 23.1 Å². The summed E-state index contributed by atoms with van der Waals surface area (Å²) in [7, 11) is 3.05. The number of allylic oxidation sites excluding steroid dienone is 1. The second kappa shape index (κ2) is 7.95. The van der Waals surface area contributed by atoms with Crippen LogP contribution in [0.4, 0.5) is 0 Å². The van der Waals surface area contributed by atoms with Gasteiger partial charge in [-0.3, -0.25) is 0 Å². The number of halogens is 1. The molecule has 2 aromatic rings. The van der Waals surface area contributed by atoms with Gasteiger partial charge < -0.3 is 25.1 Å². The Balaban J connectivity index is 1.83. The third-order valence-electron chi connectivity index (χ3n) is 5.56. The van der Waals surface area contributed by atoms with Gasteiger partial charge in [0.1, 0.15) is 11.8 Å². The van der Waals surface area contributed by atoms with E-state index < -0.39 is 12.1 Å². The summed E-state index contributed by atoms with van der Waals surface area (Å²) in [5, 5.41) is 20.1. The molecule has 0 spiro atoms. The van der Waals surface area contributed by atoms with Gasteiger partial charge in [0.05, 0.1) is 30.9 Å². The zero-order valence-electron chi connectivity index (χ0n) is 16.3. The van der Waals surface area contributed by atoms with Gasteiger partial charge in [-0.05, 0) is 35.4 Å². The van der Waals surface area contributed by atoms with E-state index in [2.05, 4.69) is 16.9 Å². The first kappa shape index (κ1) is 20.2. The van der Waals surface area contributed by atoms with Crippen LogP contribution in [0.2, 0.25) is 5.02 Å². The van der Waals surface area contributed by atoms with Crippen LogP contribution >= 0.6 is 11.6 Å². The molecule has 0 bridgehead atoms. The lowest BCUT2D eigenvalue weighted by Gasteiger charge is -2.36. The molecule has 2 aliphatic heterocycles. The minimum Gasteiger partial charge on any atom is -0.503 e. The number of nitrogens with two attached hydrogens (primary N) is 1. The highest BCUT2D eigenvalue weighted by Crippen LogP contribution is 2.49. The van der Waals surface area contributed by atoms with Crippen molar-refractivity contribution in [3.63, 3.8) is 0 Å². The number of ether oxygens (including phenoxy) is 3. The van der Waals surface area contributed by atoms with Crippen LogP contribution in [0.5, 0.6) is 17.2 Å². The van der Waals surface area contributed by atoms with Crippen molar-refractivity contribution in [1.29, 1.82) is 5.26 Å². The number of methoxy groups -OCH3 is 2. The fourth-order valence-electron chi connectivity index (χ4n) is 4.12. The Bertz CT molecular complexity index is 1030. The molecule has 156 valence electrons. The van der Waals surface area contributed by atoms with E-state index in [0.29, 0.717) is 11.1 Å². The largest absolute Gasteiger partial charge is 0.503 e. The Morgan fingerprint density at radius 1 is 1.13 bits per heavy atom. The van der Waals surface area contributed by atoms with Crippen LogP contribution in [-0.4, -0.2) is 25.6 Å². The van der Waals surface area contributed by atoms with Crippen molar-refractivity contribution < 1.29 is 19.3 Å². The van der Waals surface area contributed by atoms with Crippen molar-refractivity contribution in [1.82, 2.24) is 10.9 Å². The minimum absolute atomic E-state index is 0.0524. The topological polar surface area (TPSA) is 122 Å². The second-order valence-corrected chi connectivity index (χ2v) is 7.48. The maximum atomic E-state index is 10.1. The summed E-state index contributed by atoms with van der Waals surface area (Å²) >= 11 is 6.24. The Kier molecular flexibility index (Phi) is 5.35. The first-order valence-corrected chi connectivity index (χ1v) is 9.64. The quantitative estimate of drug-likeness (QED) is 0.586. The highest BCUT2D eigenvalue weighted by molar-refractivity contribution is 6.32. The van der Waals surface area contributed by atoms with E-state index in [1.54, 1.807) is 19.2 Å². The van der Waals surface area contributed by atoms with E-state index in [4.69, 9.17) is 31.5 Å². The molecule has 5 N–H and O–H groups in total. The fourth-order valence-corrected chi connectivity index (χ4v) is 4.34. The van der Waals surface area contributed by atoms with Gasteiger partial charge in [0.15, 0.2) is 17.7 Å². The summed E-state index contributed by atoms with van der Waals surface area (Å²) in [6.07, 6.45) is -0.474. The minimum atomic E-state index is -0.474. The van der Waals surface area contributed by atoms with Crippen LogP contribution in [0.3, 0.4) is 0 Å². The van der Waals surface area contributed by atoms with E-state index in [9.17, 15) is 10.4 Å². The monoisotopic (exact) mass is 428 g/mol. The number of phenols is 1. The van der Waals surface area contributed by atoms with Crippen molar-refractivity contribution in [2.45, 2.75) is 18.2 Å². The Hall–Kier alpha value is -3.12. The van der Waals surface area contributed by atoms with Crippen LogP contribution in [0, 0.1) is 17.2 Å². The van der Waals surface area contributed by atoms with E-state index >= 15 is 0 Å². The van der Waals surface area contributed by atoms with Gasteiger partial charge in [0.25, 0.3) is 0 Å². The van der Waals surface area contributed by atoms with Gasteiger partial charge in [-0.2, -0.15) is 5.26 Å². The Morgan fingerprint density at radius 3 is 2.50 bits per heavy atom. The van der Waals surface area contributed by atoms with Crippen LogP contribution in [0.15, 0.2) is 47.9 Å². The van der Waals surface area contributed by atoms with E-state index in [0.717, 1.165) is 11.3 Å². The molecule has 4 unspecified atom stereocenters. The lowest BCUT2D eigenvalue weighted by atomic mass is 9.74. The number of aromatic hydroxyl groups is 1. The highest BCUT2D eigenvalue weighted by atomic mass is 35.5. The molecule has 1 fully saturated rings. The van der Waals surface area contributed by atoms with Gasteiger partial charge in [-0.25, -0.2) is 10.9 Å². The molecular formula is C21H21ClN4O4. The molecule has 0 aromatic heterocycles. The molecule has 0 saturated carbocycles. The molecule has 9 heteroatoms. The molecular weight excluding hydrogens is 408 g/mol. The number of hydrogen-bond acceptors (Lipinski definition) is 8. The maximum absolute atomic E-state index is 10.1. The van der Waals surface area contributed by atoms with Crippen molar-refractivity contribution >= 4 is 11.6 Å². The third kappa shape index (κ3) is 3.27. The standard InChI is InChI=1S/C21H21ClN4O4/c1-28-12-5-3-10(4-6-12)18-17-16(11-7-14(22)19(27)15(8-11)29-2)13(9-23)20(24)30-21(17)26-25-18/h3-8,16-18,21,25-27H,24H2,1-2H3. The number of fused-ring (bicyclic) bond motifs is 1. The van der Waals surface area contributed by atoms with Gasteiger partial charge in [-0.1, -0.05) is 23.7 Å². The molecule has 0 radical (unpaired) electrons. The molecule has 2 aromatic carbocycles. The predicted molar refractivity (Wildman–Crippen MR) is 110 cm³/mol. The molecule has 4 atom stereocenters. The molecule has 8 nitrogen and oxygen atoms in total. The normalized spacial score (nSPS) is 25.3. The summed E-state index contributed by atoms with van der Waals surface area (Å²) in [4.78, 5) is 0. The molecule has 0 aliphatic carbocycles. The summed E-state index contributed by atoms with van der Waals surface area (Å²) < 4.78 is 16.3. The summed E-state index contributed by atoms with van der Waals surface area (Å²) in [6, 6.07) is 12.9. The Morgan fingerprint density at radius 2 is 1.87 bits per heavy atom. The van der Waals surface area contributed by atoms with Crippen molar-refractivity contribution in [3.05, 3.63) is 64.0 Å². The number of hydrogen-bond donors (Lipinski definition) is 4. The molecule has 30 heavy (non-hydrogen) atoms. The highest BCUT2D eigenvalue weighted by Gasteiger charge is 2.49. The van der Waals surface area contributed by atoms with Gasteiger partial charge in [0, 0.05) is 11.8 Å². The maximum Gasteiger partial charge on any atom is 0.200 e. The molecule has 2 heterocycles. The number of nitrogens with one attached hydrogen (secondary N) is 2. The number of rotatable bonds is 4. The summed E-state index contributed by atoms with van der Waals surface area (Å²) in [5.74, 6) is 0.180. The van der Waals surface area contributed by atoms with E-state index in [1.807, 2.05) is 24.3 Å². The fraction of sp³-hybridized carbons (Fsp3) is 0.286. The first-order valence-electron chi connectivity index (χ1n) is 9.26. The average Bonchev–Trinajstić information content (AvgIpc) is 3.17. The first-order chi connectivity index (χ1) is 14.5. The average molecular weight is 429 g/mol. The molecule has 4 rings (SSSR count). The number of hydrazine groups is 1. The van der Waals surface area contributed by atoms with Crippen molar-refractivity contribution in [2.24, 2.45) is 11.7 Å². The van der Waals surface area contributed by atoms with Crippen molar-refractivity contribution in [3.8, 4) is 23.3 Å². The zero-order chi connectivity index (χ0) is 21.4. The summed E-state index contributed by atoms with van der Waals surface area (Å²) in [5.41, 5.74) is 14.4.